The maximum Gasteiger partial charge on any atom is 0.331 e. The molecule has 7 nitrogen and oxygen atoms in total. The number of ether oxygens (including phenoxy) is 1. The molecule has 2 aromatic carbocycles. The van der Waals surface area contributed by atoms with E-state index < -0.39 is 23.4 Å². The number of carbonyl (C=O) groups is 2. The molecule has 2 rings (SSSR count). The molecule has 1 amide bonds. The Morgan fingerprint density at radius 3 is 2.36 bits per heavy atom. The van der Waals surface area contributed by atoms with Crippen LogP contribution in [0.4, 0.5) is 11.4 Å². The van der Waals surface area contributed by atoms with Crippen LogP contribution in [-0.2, 0) is 19.7 Å². The molecule has 7 heteroatoms. The highest BCUT2D eigenvalue weighted by molar-refractivity contribution is 5.94. The fourth-order valence-electron chi connectivity index (χ4n) is 2.39. The lowest BCUT2D eigenvalue weighted by Crippen LogP contribution is -2.20. The summed E-state index contributed by atoms with van der Waals surface area (Å²) in [6, 6.07) is 13.4. The monoisotopic (exact) mass is 382 g/mol. The number of carbonyl (C=O) groups excluding carboxylic acids is 2. The van der Waals surface area contributed by atoms with Crippen molar-refractivity contribution >= 4 is 29.3 Å². The molecule has 0 radical (unpaired) electrons. The minimum absolute atomic E-state index is 0.0121. The van der Waals surface area contributed by atoms with Crippen LogP contribution in [0.15, 0.2) is 54.6 Å². The fraction of sp³-hybridized carbons (Fsp3) is 0.238. The van der Waals surface area contributed by atoms with Crippen molar-refractivity contribution in [2.75, 3.05) is 11.9 Å². The number of rotatable bonds is 6. The predicted molar refractivity (Wildman–Crippen MR) is 107 cm³/mol. The number of nitrogens with zero attached hydrogens (tertiary/aromatic N) is 1. The van der Waals surface area contributed by atoms with Crippen molar-refractivity contribution in [2.45, 2.75) is 26.2 Å². The third kappa shape index (κ3) is 6.05. The van der Waals surface area contributed by atoms with Crippen LogP contribution in [0.1, 0.15) is 31.9 Å². The van der Waals surface area contributed by atoms with E-state index in [1.165, 1.54) is 24.3 Å². The SMILES string of the molecule is CC(C)(C)c1ccc(NC(=O)COC(=O)/C=C/c2ccccc2[N+](=O)[O-])cc1. The standard InChI is InChI=1S/C21H22N2O5/c1-21(2,3)16-9-11-17(12-10-16)22-19(24)14-28-20(25)13-8-15-6-4-5-7-18(15)23(26)27/h4-13H,14H2,1-3H3,(H,22,24)/b13-8+. The summed E-state index contributed by atoms with van der Waals surface area (Å²) in [7, 11) is 0. The van der Waals surface area contributed by atoms with Gasteiger partial charge in [-0.05, 0) is 35.3 Å². The van der Waals surface area contributed by atoms with Crippen molar-refractivity contribution in [2.24, 2.45) is 0 Å². The van der Waals surface area contributed by atoms with Crippen LogP contribution in [0, 0.1) is 10.1 Å². The van der Waals surface area contributed by atoms with E-state index >= 15 is 0 Å². The van der Waals surface area contributed by atoms with Gasteiger partial charge in [-0.15, -0.1) is 0 Å². The summed E-state index contributed by atoms with van der Waals surface area (Å²) in [4.78, 5) is 34.1. The van der Waals surface area contributed by atoms with E-state index in [9.17, 15) is 19.7 Å². The van der Waals surface area contributed by atoms with Gasteiger partial charge in [0.1, 0.15) is 0 Å². The minimum Gasteiger partial charge on any atom is -0.452 e. The summed E-state index contributed by atoms with van der Waals surface area (Å²) in [5, 5.41) is 13.6. The van der Waals surface area contributed by atoms with Crippen LogP contribution >= 0.6 is 0 Å². The van der Waals surface area contributed by atoms with Crippen molar-refractivity contribution in [3.05, 3.63) is 75.8 Å². The number of nitro benzene ring substituents is 1. The fourth-order valence-corrected chi connectivity index (χ4v) is 2.39. The summed E-state index contributed by atoms with van der Waals surface area (Å²) in [6.07, 6.45) is 2.33. The summed E-state index contributed by atoms with van der Waals surface area (Å²) < 4.78 is 4.87. The molecule has 0 heterocycles. The highest BCUT2D eigenvalue weighted by atomic mass is 16.6. The summed E-state index contributed by atoms with van der Waals surface area (Å²) in [5.74, 6) is -1.24. The Bertz CT molecular complexity index is 896. The van der Waals surface area contributed by atoms with Crippen molar-refractivity contribution in [1.82, 2.24) is 0 Å². The van der Waals surface area contributed by atoms with Gasteiger partial charge < -0.3 is 10.1 Å². The molecular formula is C21H22N2O5. The molecule has 146 valence electrons. The highest BCUT2D eigenvalue weighted by Crippen LogP contribution is 2.23. The Morgan fingerprint density at radius 2 is 1.75 bits per heavy atom. The van der Waals surface area contributed by atoms with Crippen LogP contribution < -0.4 is 5.32 Å². The molecule has 0 fully saturated rings. The summed E-state index contributed by atoms with van der Waals surface area (Å²) in [6.45, 7) is 5.83. The second-order valence-electron chi connectivity index (χ2n) is 7.13. The Morgan fingerprint density at radius 1 is 1.11 bits per heavy atom. The minimum atomic E-state index is -0.767. The van der Waals surface area contributed by atoms with E-state index in [0.29, 0.717) is 5.69 Å². The molecule has 0 saturated carbocycles. The Hall–Kier alpha value is -3.48. The Balaban J connectivity index is 1.87. The zero-order valence-corrected chi connectivity index (χ0v) is 16.0. The molecule has 0 spiro atoms. The van der Waals surface area contributed by atoms with Crippen LogP contribution in [0.2, 0.25) is 0 Å². The molecule has 0 aliphatic carbocycles. The second kappa shape index (κ2) is 8.94. The van der Waals surface area contributed by atoms with Gasteiger partial charge in [-0.3, -0.25) is 14.9 Å². The first-order valence-electron chi connectivity index (χ1n) is 8.65. The van der Waals surface area contributed by atoms with E-state index in [4.69, 9.17) is 4.74 Å². The second-order valence-corrected chi connectivity index (χ2v) is 7.13. The first kappa shape index (κ1) is 20.8. The van der Waals surface area contributed by atoms with Gasteiger partial charge in [0, 0.05) is 17.8 Å². The zero-order chi connectivity index (χ0) is 20.7. The largest absolute Gasteiger partial charge is 0.452 e. The van der Waals surface area contributed by atoms with Gasteiger partial charge in [0.05, 0.1) is 10.5 Å². The molecule has 0 aliphatic rings. The lowest BCUT2D eigenvalue weighted by Gasteiger charge is -2.19. The number of para-hydroxylation sites is 1. The average molecular weight is 382 g/mol. The first-order chi connectivity index (χ1) is 13.2. The van der Waals surface area contributed by atoms with Crippen LogP contribution in [0.3, 0.4) is 0 Å². The average Bonchev–Trinajstić information content (AvgIpc) is 2.64. The normalized spacial score (nSPS) is 11.2. The number of hydrogen-bond acceptors (Lipinski definition) is 5. The van der Waals surface area contributed by atoms with E-state index in [1.807, 2.05) is 12.1 Å². The van der Waals surface area contributed by atoms with Crippen molar-refractivity contribution in [3.63, 3.8) is 0 Å². The Labute approximate surface area is 163 Å². The van der Waals surface area contributed by atoms with Crippen LogP contribution in [0.5, 0.6) is 0 Å². The molecule has 0 bridgehead atoms. The van der Waals surface area contributed by atoms with Crippen LogP contribution in [-0.4, -0.2) is 23.4 Å². The number of amides is 1. The number of esters is 1. The van der Waals surface area contributed by atoms with E-state index in [-0.39, 0.29) is 16.7 Å². The number of hydrogen-bond donors (Lipinski definition) is 1. The lowest BCUT2D eigenvalue weighted by atomic mass is 9.87. The van der Waals surface area contributed by atoms with Gasteiger partial charge in [0.2, 0.25) is 0 Å². The quantitative estimate of drug-likeness (QED) is 0.351. The maximum absolute atomic E-state index is 11.9. The molecule has 28 heavy (non-hydrogen) atoms. The topological polar surface area (TPSA) is 98.5 Å². The Kier molecular flexibility index (Phi) is 6.65. The summed E-state index contributed by atoms with van der Waals surface area (Å²) in [5.41, 5.74) is 1.90. The summed E-state index contributed by atoms with van der Waals surface area (Å²) >= 11 is 0. The maximum atomic E-state index is 11.9. The van der Waals surface area contributed by atoms with Gasteiger partial charge in [-0.2, -0.15) is 0 Å². The zero-order valence-electron chi connectivity index (χ0n) is 16.0. The lowest BCUT2D eigenvalue weighted by molar-refractivity contribution is -0.385. The van der Waals surface area contributed by atoms with Gasteiger partial charge in [0.15, 0.2) is 6.61 Å². The molecule has 0 aromatic heterocycles. The molecule has 1 N–H and O–H groups in total. The number of benzene rings is 2. The van der Waals surface area contributed by atoms with E-state index in [1.54, 1.807) is 18.2 Å². The van der Waals surface area contributed by atoms with E-state index in [0.717, 1.165) is 11.6 Å². The van der Waals surface area contributed by atoms with Crippen molar-refractivity contribution < 1.29 is 19.2 Å². The smallest absolute Gasteiger partial charge is 0.331 e. The highest BCUT2D eigenvalue weighted by Gasteiger charge is 2.14. The molecule has 0 aliphatic heterocycles. The van der Waals surface area contributed by atoms with Crippen molar-refractivity contribution in [1.29, 1.82) is 0 Å². The van der Waals surface area contributed by atoms with Crippen LogP contribution in [0.25, 0.3) is 6.08 Å². The molecule has 2 aromatic rings. The van der Waals surface area contributed by atoms with Gasteiger partial charge in [-0.1, -0.05) is 45.0 Å². The van der Waals surface area contributed by atoms with Crippen molar-refractivity contribution in [3.8, 4) is 0 Å². The first-order valence-corrected chi connectivity index (χ1v) is 8.65. The van der Waals surface area contributed by atoms with Gasteiger partial charge >= 0.3 is 5.97 Å². The number of anilines is 1. The van der Waals surface area contributed by atoms with Gasteiger partial charge in [0.25, 0.3) is 11.6 Å². The third-order valence-electron chi connectivity index (χ3n) is 3.91. The molecule has 0 unspecified atom stereocenters. The predicted octanol–water partition coefficient (Wildman–Crippen LogP) is 4.09. The van der Waals surface area contributed by atoms with Gasteiger partial charge in [-0.25, -0.2) is 4.79 Å². The molecular weight excluding hydrogens is 360 g/mol. The molecule has 0 saturated heterocycles. The van der Waals surface area contributed by atoms with E-state index in [2.05, 4.69) is 26.1 Å². The number of nitrogens with one attached hydrogen (secondary N) is 1. The molecule has 0 atom stereocenters. The third-order valence-corrected chi connectivity index (χ3v) is 3.91. The number of nitro groups is 1.